The highest BCUT2D eigenvalue weighted by molar-refractivity contribution is 7.15. The molecule has 0 radical (unpaired) electrons. The molecule has 1 heterocycles. The summed E-state index contributed by atoms with van der Waals surface area (Å²) < 4.78 is 5.58. The predicted octanol–water partition coefficient (Wildman–Crippen LogP) is 3.61. The van der Waals surface area contributed by atoms with Crippen LogP contribution in [-0.4, -0.2) is 22.7 Å². The van der Waals surface area contributed by atoms with Gasteiger partial charge in [-0.2, -0.15) is 0 Å². The van der Waals surface area contributed by atoms with Gasteiger partial charge in [0.05, 0.1) is 6.61 Å². The second-order valence-electron chi connectivity index (χ2n) is 4.54. The zero-order chi connectivity index (χ0) is 15.2. The predicted molar refractivity (Wildman–Crippen MR) is 84.2 cm³/mol. The molecule has 112 valence electrons. The molecular formula is C14H16ClN3O2S. The number of amides is 1. The van der Waals surface area contributed by atoms with Crippen molar-refractivity contribution in [3.8, 4) is 5.75 Å². The molecule has 1 N–H and O–H groups in total. The molecule has 2 aromatic rings. The first-order valence-corrected chi connectivity index (χ1v) is 7.73. The molecule has 21 heavy (non-hydrogen) atoms. The van der Waals surface area contributed by atoms with Gasteiger partial charge in [-0.1, -0.05) is 22.9 Å². The van der Waals surface area contributed by atoms with E-state index in [0.29, 0.717) is 29.6 Å². The van der Waals surface area contributed by atoms with Gasteiger partial charge in [0.15, 0.2) is 0 Å². The lowest BCUT2D eigenvalue weighted by Crippen LogP contribution is -2.12. The van der Waals surface area contributed by atoms with Crippen molar-refractivity contribution in [2.45, 2.75) is 26.7 Å². The van der Waals surface area contributed by atoms with Crippen molar-refractivity contribution in [1.82, 2.24) is 10.2 Å². The molecule has 1 amide bonds. The largest absolute Gasteiger partial charge is 0.494 e. The maximum Gasteiger partial charge on any atom is 0.226 e. The first kappa shape index (κ1) is 15.7. The Kier molecular flexibility index (Phi) is 5.52. The number of carbonyl (C=O) groups excluding carboxylic acids is 1. The maximum atomic E-state index is 11.7. The molecule has 1 aromatic carbocycles. The van der Waals surface area contributed by atoms with Gasteiger partial charge in [-0.25, -0.2) is 0 Å². The van der Waals surface area contributed by atoms with Crippen molar-refractivity contribution >= 4 is 34.0 Å². The average molecular weight is 326 g/mol. The van der Waals surface area contributed by atoms with Gasteiger partial charge in [0, 0.05) is 11.4 Å². The zero-order valence-corrected chi connectivity index (χ0v) is 13.4. The lowest BCUT2D eigenvalue weighted by Gasteiger charge is -2.07. The van der Waals surface area contributed by atoms with Crippen molar-refractivity contribution in [2.24, 2.45) is 0 Å². The van der Waals surface area contributed by atoms with Crippen LogP contribution in [0.4, 0.5) is 5.13 Å². The van der Waals surface area contributed by atoms with E-state index >= 15 is 0 Å². The molecule has 5 nitrogen and oxygen atoms in total. The fourth-order valence-corrected chi connectivity index (χ4v) is 2.38. The summed E-state index contributed by atoms with van der Waals surface area (Å²) >= 11 is 7.30. The molecule has 0 aliphatic heterocycles. The molecule has 0 atom stereocenters. The van der Waals surface area contributed by atoms with Crippen LogP contribution in [0.5, 0.6) is 5.75 Å². The highest BCUT2D eigenvalue weighted by atomic mass is 35.5. The molecule has 7 heteroatoms. The number of anilines is 1. The molecular weight excluding hydrogens is 310 g/mol. The topological polar surface area (TPSA) is 64.1 Å². The molecule has 0 unspecified atom stereocenters. The van der Waals surface area contributed by atoms with Crippen LogP contribution in [0, 0.1) is 13.8 Å². The van der Waals surface area contributed by atoms with Crippen LogP contribution in [0.2, 0.25) is 5.02 Å². The van der Waals surface area contributed by atoms with E-state index in [1.807, 2.05) is 26.0 Å². The number of hydrogen-bond donors (Lipinski definition) is 1. The lowest BCUT2D eigenvalue weighted by molar-refractivity contribution is -0.116. The number of hydrogen-bond acceptors (Lipinski definition) is 5. The van der Waals surface area contributed by atoms with E-state index in [1.165, 1.54) is 11.3 Å². The Morgan fingerprint density at radius 1 is 1.38 bits per heavy atom. The molecule has 0 bridgehead atoms. The maximum absolute atomic E-state index is 11.7. The van der Waals surface area contributed by atoms with Crippen LogP contribution in [-0.2, 0) is 4.79 Å². The summed E-state index contributed by atoms with van der Waals surface area (Å²) in [5.74, 6) is 0.680. The van der Waals surface area contributed by atoms with Gasteiger partial charge < -0.3 is 10.1 Å². The SMILES string of the molecule is Cc1nnc(NC(=O)CCCOc2ccc(Cl)c(C)c2)s1. The van der Waals surface area contributed by atoms with Gasteiger partial charge in [-0.05, 0) is 44.0 Å². The number of nitrogens with zero attached hydrogens (tertiary/aromatic N) is 2. The Morgan fingerprint density at radius 3 is 2.86 bits per heavy atom. The lowest BCUT2D eigenvalue weighted by atomic mass is 10.2. The quantitative estimate of drug-likeness (QED) is 0.824. The van der Waals surface area contributed by atoms with Gasteiger partial charge in [0.25, 0.3) is 0 Å². The molecule has 0 aliphatic carbocycles. The number of rotatable bonds is 6. The molecule has 0 fully saturated rings. The van der Waals surface area contributed by atoms with Crippen LogP contribution in [0.3, 0.4) is 0 Å². The summed E-state index contributed by atoms with van der Waals surface area (Å²) in [5.41, 5.74) is 0.971. The highest BCUT2D eigenvalue weighted by Gasteiger charge is 2.06. The Morgan fingerprint density at radius 2 is 2.19 bits per heavy atom. The number of benzene rings is 1. The van der Waals surface area contributed by atoms with E-state index in [1.54, 1.807) is 6.07 Å². The summed E-state index contributed by atoms with van der Waals surface area (Å²) in [6.07, 6.45) is 1.01. The molecule has 0 aliphatic rings. The van der Waals surface area contributed by atoms with Crippen molar-refractivity contribution in [3.63, 3.8) is 0 Å². The Bertz CT molecular complexity index is 630. The Hall–Kier alpha value is -1.66. The summed E-state index contributed by atoms with van der Waals surface area (Å²) in [6.45, 7) is 4.24. The molecule has 0 saturated heterocycles. The summed E-state index contributed by atoms with van der Waals surface area (Å²) in [6, 6.07) is 5.50. The third-order valence-corrected chi connectivity index (χ3v) is 3.90. The zero-order valence-electron chi connectivity index (χ0n) is 11.9. The molecule has 0 saturated carbocycles. The van der Waals surface area contributed by atoms with Crippen LogP contribution in [0.15, 0.2) is 18.2 Å². The van der Waals surface area contributed by atoms with E-state index in [0.717, 1.165) is 16.3 Å². The van der Waals surface area contributed by atoms with Gasteiger partial charge in [0.2, 0.25) is 11.0 Å². The first-order valence-electron chi connectivity index (χ1n) is 6.53. The second kappa shape index (κ2) is 7.38. The normalized spacial score (nSPS) is 10.4. The number of nitrogens with one attached hydrogen (secondary N) is 1. The third kappa shape index (κ3) is 4.99. The van der Waals surface area contributed by atoms with E-state index in [-0.39, 0.29) is 5.91 Å². The van der Waals surface area contributed by atoms with Crippen LogP contribution >= 0.6 is 22.9 Å². The summed E-state index contributed by atoms with van der Waals surface area (Å²) in [4.78, 5) is 11.7. The minimum absolute atomic E-state index is 0.0814. The summed E-state index contributed by atoms with van der Waals surface area (Å²) in [7, 11) is 0. The number of ether oxygens (including phenoxy) is 1. The van der Waals surface area contributed by atoms with Crippen LogP contribution in [0.25, 0.3) is 0 Å². The smallest absolute Gasteiger partial charge is 0.226 e. The Balaban J connectivity index is 1.69. The number of aryl methyl sites for hydroxylation is 2. The Labute approximate surface area is 132 Å². The van der Waals surface area contributed by atoms with E-state index < -0.39 is 0 Å². The monoisotopic (exact) mass is 325 g/mol. The minimum atomic E-state index is -0.0814. The van der Waals surface area contributed by atoms with Crippen molar-refractivity contribution in [3.05, 3.63) is 33.8 Å². The highest BCUT2D eigenvalue weighted by Crippen LogP contribution is 2.21. The van der Waals surface area contributed by atoms with Crippen LogP contribution in [0.1, 0.15) is 23.4 Å². The van der Waals surface area contributed by atoms with Gasteiger partial charge in [0.1, 0.15) is 10.8 Å². The molecule has 2 rings (SSSR count). The minimum Gasteiger partial charge on any atom is -0.494 e. The van der Waals surface area contributed by atoms with Crippen molar-refractivity contribution in [2.75, 3.05) is 11.9 Å². The van der Waals surface area contributed by atoms with Crippen molar-refractivity contribution in [1.29, 1.82) is 0 Å². The number of aromatic nitrogens is 2. The van der Waals surface area contributed by atoms with Gasteiger partial charge in [-0.15, -0.1) is 10.2 Å². The third-order valence-electron chi connectivity index (χ3n) is 2.72. The fourth-order valence-electron chi connectivity index (χ4n) is 1.66. The van der Waals surface area contributed by atoms with E-state index in [9.17, 15) is 4.79 Å². The van der Waals surface area contributed by atoms with Gasteiger partial charge >= 0.3 is 0 Å². The van der Waals surface area contributed by atoms with E-state index in [2.05, 4.69) is 15.5 Å². The second-order valence-corrected chi connectivity index (χ2v) is 6.13. The molecule has 0 spiro atoms. The van der Waals surface area contributed by atoms with Gasteiger partial charge in [-0.3, -0.25) is 4.79 Å². The number of halogens is 1. The molecule has 1 aromatic heterocycles. The number of carbonyl (C=O) groups is 1. The van der Waals surface area contributed by atoms with E-state index in [4.69, 9.17) is 16.3 Å². The fraction of sp³-hybridized carbons (Fsp3) is 0.357. The summed E-state index contributed by atoms with van der Waals surface area (Å²) in [5, 5.41) is 12.5. The average Bonchev–Trinajstić information content (AvgIpc) is 2.84. The standard InChI is InChI=1S/C14H16ClN3O2S/c1-9-8-11(5-6-12(9)15)20-7-3-4-13(19)16-14-18-17-10(2)21-14/h5-6,8H,3-4,7H2,1-2H3,(H,16,18,19). The van der Waals surface area contributed by atoms with Crippen LogP contribution < -0.4 is 10.1 Å². The first-order chi connectivity index (χ1) is 10.0. The van der Waals surface area contributed by atoms with Crippen molar-refractivity contribution < 1.29 is 9.53 Å².